The van der Waals surface area contributed by atoms with E-state index in [1.165, 1.54) is 20.3 Å². The van der Waals surface area contributed by atoms with E-state index in [4.69, 9.17) is 4.74 Å². The van der Waals surface area contributed by atoms with Crippen LogP contribution in [0.15, 0.2) is 45.3 Å². The maximum Gasteiger partial charge on any atom is 0.352 e. The third-order valence-corrected chi connectivity index (χ3v) is 6.11. The van der Waals surface area contributed by atoms with Crippen molar-refractivity contribution in [2.24, 2.45) is 0 Å². The van der Waals surface area contributed by atoms with Crippen molar-refractivity contribution in [2.75, 3.05) is 7.11 Å². The van der Waals surface area contributed by atoms with Crippen LogP contribution < -0.4 is 21.3 Å². The summed E-state index contributed by atoms with van der Waals surface area (Å²) in [6.45, 7) is 3.81. The predicted octanol–water partition coefficient (Wildman–Crippen LogP) is 1.84. The Morgan fingerprint density at radius 3 is 2.77 bits per heavy atom. The normalized spacial score (nSPS) is 12.4. The number of benzene rings is 1. The van der Waals surface area contributed by atoms with Gasteiger partial charge >= 0.3 is 5.69 Å². The number of nitrogens with zero attached hydrogens (tertiary/aromatic N) is 4. The van der Waals surface area contributed by atoms with Gasteiger partial charge in [-0.2, -0.15) is 0 Å². The second-order valence-electron chi connectivity index (χ2n) is 7.29. The highest BCUT2D eigenvalue weighted by molar-refractivity contribution is 7.17. The summed E-state index contributed by atoms with van der Waals surface area (Å²) in [7, 11) is 1.56. The Balaban J connectivity index is 1.87. The molecular weight excluding hydrogens is 418 g/mol. The van der Waals surface area contributed by atoms with E-state index in [0.29, 0.717) is 16.0 Å². The highest BCUT2D eigenvalue weighted by atomic mass is 32.1. The van der Waals surface area contributed by atoms with Gasteiger partial charge in [-0.25, -0.2) is 13.9 Å². The van der Waals surface area contributed by atoms with Gasteiger partial charge in [0.1, 0.15) is 17.0 Å². The minimum absolute atomic E-state index is 0.00691. The Hall–Kier alpha value is -3.40. The maximum absolute atomic E-state index is 13.2. The number of carbonyl (C=O) groups excluding carboxylic acids is 1. The van der Waals surface area contributed by atoms with Crippen molar-refractivity contribution in [3.8, 4) is 5.75 Å². The van der Waals surface area contributed by atoms with Gasteiger partial charge in [-0.05, 0) is 30.9 Å². The number of hydrogen-bond donors (Lipinski definition) is 1. The number of carbonyl (C=O) groups is 1. The van der Waals surface area contributed by atoms with Crippen molar-refractivity contribution in [3.63, 3.8) is 0 Å². The van der Waals surface area contributed by atoms with Crippen LogP contribution in [0.4, 0.5) is 0 Å². The summed E-state index contributed by atoms with van der Waals surface area (Å²) in [5.74, 6) is 0.511. The molecule has 0 radical (unpaired) electrons. The van der Waals surface area contributed by atoms with Crippen LogP contribution >= 0.6 is 11.3 Å². The summed E-state index contributed by atoms with van der Waals surface area (Å²) in [5.41, 5.74) is 0.553. The Kier molecular flexibility index (Phi) is 5.64. The third kappa shape index (κ3) is 3.74. The number of aromatic nitrogens is 4. The first kappa shape index (κ1) is 20.9. The van der Waals surface area contributed by atoms with Gasteiger partial charge in [0.05, 0.1) is 19.2 Å². The van der Waals surface area contributed by atoms with Gasteiger partial charge in [-0.3, -0.25) is 14.2 Å². The van der Waals surface area contributed by atoms with E-state index in [1.807, 2.05) is 38.1 Å². The van der Waals surface area contributed by atoms with Crippen LogP contribution in [0, 0.1) is 0 Å². The van der Waals surface area contributed by atoms with Crippen LogP contribution in [0.2, 0.25) is 0 Å². The molecule has 4 aromatic rings. The average molecular weight is 442 g/mol. The number of amides is 1. The van der Waals surface area contributed by atoms with Gasteiger partial charge in [0.25, 0.3) is 5.56 Å². The molecule has 0 aliphatic rings. The summed E-state index contributed by atoms with van der Waals surface area (Å²) in [5, 5.41) is 8.95. The first-order valence-electron chi connectivity index (χ1n) is 9.95. The lowest BCUT2D eigenvalue weighted by molar-refractivity contribution is -0.122. The van der Waals surface area contributed by atoms with Crippen LogP contribution in [-0.4, -0.2) is 37.8 Å². The molecule has 10 heteroatoms. The first-order valence-corrected chi connectivity index (χ1v) is 10.8. The zero-order chi connectivity index (χ0) is 22.1. The van der Waals surface area contributed by atoms with E-state index in [9.17, 15) is 14.4 Å². The number of ether oxygens (including phenoxy) is 1. The van der Waals surface area contributed by atoms with E-state index in [1.54, 1.807) is 18.6 Å². The Labute approximate surface area is 181 Å². The summed E-state index contributed by atoms with van der Waals surface area (Å²) in [6.07, 6.45) is 0.778. The van der Waals surface area contributed by atoms with E-state index < -0.39 is 5.69 Å². The molecule has 3 aromatic heterocycles. The van der Waals surface area contributed by atoms with Crippen LogP contribution in [0.5, 0.6) is 5.75 Å². The molecule has 1 N–H and O–H groups in total. The zero-order valence-corrected chi connectivity index (χ0v) is 18.3. The molecule has 9 nitrogen and oxygen atoms in total. The van der Waals surface area contributed by atoms with Crippen molar-refractivity contribution in [3.05, 3.63) is 62.1 Å². The molecule has 1 atom stereocenters. The van der Waals surface area contributed by atoms with Gasteiger partial charge in [-0.1, -0.05) is 25.1 Å². The van der Waals surface area contributed by atoms with Gasteiger partial charge < -0.3 is 10.1 Å². The van der Waals surface area contributed by atoms with Crippen molar-refractivity contribution in [1.82, 2.24) is 24.1 Å². The SMILES string of the molecule is CCC(C)NC(=O)Cn1nc2n(Cc3ccccc3OC)c(=O)c3sccc3n2c1=O. The molecular formula is C21H23N5O4S. The molecule has 3 heterocycles. The quantitative estimate of drug-likeness (QED) is 0.472. The van der Waals surface area contributed by atoms with Gasteiger partial charge in [-0.15, -0.1) is 16.4 Å². The van der Waals surface area contributed by atoms with Crippen LogP contribution in [0.25, 0.3) is 16.0 Å². The summed E-state index contributed by atoms with van der Waals surface area (Å²) < 4.78 is 9.80. The lowest BCUT2D eigenvalue weighted by Gasteiger charge is -2.11. The molecule has 0 saturated carbocycles. The Bertz CT molecular complexity index is 1380. The van der Waals surface area contributed by atoms with E-state index >= 15 is 0 Å². The van der Waals surface area contributed by atoms with E-state index in [2.05, 4.69) is 10.4 Å². The minimum Gasteiger partial charge on any atom is -0.496 e. The minimum atomic E-state index is -0.466. The highest BCUT2D eigenvalue weighted by Crippen LogP contribution is 2.21. The van der Waals surface area contributed by atoms with Crippen LogP contribution in [-0.2, 0) is 17.9 Å². The number of rotatable bonds is 7. The molecule has 1 unspecified atom stereocenters. The summed E-state index contributed by atoms with van der Waals surface area (Å²) in [6, 6.07) is 9.08. The molecule has 1 aromatic carbocycles. The van der Waals surface area contributed by atoms with Gasteiger partial charge in [0.2, 0.25) is 11.7 Å². The molecule has 0 aliphatic heterocycles. The second-order valence-corrected chi connectivity index (χ2v) is 8.21. The van der Waals surface area contributed by atoms with Crippen molar-refractivity contribution in [2.45, 2.75) is 39.4 Å². The molecule has 0 aliphatic carbocycles. The molecule has 162 valence electrons. The third-order valence-electron chi connectivity index (χ3n) is 5.22. The topological polar surface area (TPSA) is 99.6 Å². The fraction of sp³-hybridized carbons (Fsp3) is 0.333. The van der Waals surface area contributed by atoms with Crippen molar-refractivity contribution < 1.29 is 9.53 Å². The number of fused-ring (bicyclic) bond motifs is 3. The molecule has 1 amide bonds. The van der Waals surface area contributed by atoms with E-state index in [-0.39, 0.29) is 36.4 Å². The molecule has 0 fully saturated rings. The molecule has 0 bridgehead atoms. The van der Waals surface area contributed by atoms with Crippen molar-refractivity contribution >= 4 is 33.2 Å². The monoisotopic (exact) mass is 441 g/mol. The lowest BCUT2D eigenvalue weighted by atomic mass is 10.2. The van der Waals surface area contributed by atoms with Gasteiger partial charge in [0.15, 0.2) is 0 Å². The van der Waals surface area contributed by atoms with E-state index in [0.717, 1.165) is 16.7 Å². The fourth-order valence-electron chi connectivity index (χ4n) is 3.44. The maximum atomic E-state index is 13.2. The largest absolute Gasteiger partial charge is 0.496 e. The summed E-state index contributed by atoms with van der Waals surface area (Å²) in [4.78, 5) is 38.7. The zero-order valence-electron chi connectivity index (χ0n) is 17.5. The predicted molar refractivity (Wildman–Crippen MR) is 119 cm³/mol. The highest BCUT2D eigenvalue weighted by Gasteiger charge is 2.20. The Morgan fingerprint density at radius 1 is 1.26 bits per heavy atom. The molecule has 31 heavy (non-hydrogen) atoms. The average Bonchev–Trinajstić information content (AvgIpc) is 3.36. The number of thiophene rings is 1. The molecule has 0 spiro atoms. The van der Waals surface area contributed by atoms with Crippen LogP contribution in [0.1, 0.15) is 25.8 Å². The summed E-state index contributed by atoms with van der Waals surface area (Å²) >= 11 is 1.27. The number of nitrogens with one attached hydrogen (secondary N) is 1. The number of para-hydroxylation sites is 1. The molecule has 4 rings (SSSR count). The molecule has 0 saturated heterocycles. The smallest absolute Gasteiger partial charge is 0.352 e. The number of methoxy groups -OCH3 is 1. The fourth-order valence-corrected chi connectivity index (χ4v) is 4.27. The first-order chi connectivity index (χ1) is 14.9. The lowest BCUT2D eigenvalue weighted by Crippen LogP contribution is -2.37. The van der Waals surface area contributed by atoms with Crippen LogP contribution in [0.3, 0.4) is 0 Å². The number of hydrogen-bond acceptors (Lipinski definition) is 6. The Morgan fingerprint density at radius 2 is 2.03 bits per heavy atom. The van der Waals surface area contributed by atoms with Gasteiger partial charge in [0, 0.05) is 11.6 Å². The second kappa shape index (κ2) is 8.38. The van der Waals surface area contributed by atoms with Crippen molar-refractivity contribution in [1.29, 1.82) is 0 Å². The standard InChI is InChI=1S/C21H23N5O4S/c1-4-13(2)22-17(27)12-25-21(29)26-15-9-10-31-18(15)19(28)24(20(26)23-25)11-14-7-5-6-8-16(14)30-3/h5-10,13H,4,11-12H2,1-3H3,(H,22,27).